The summed E-state index contributed by atoms with van der Waals surface area (Å²) in [6.45, 7) is 2.79. The number of nitrogens with zero attached hydrogens (tertiary/aromatic N) is 3. The van der Waals surface area contributed by atoms with Crippen LogP contribution in [0.25, 0.3) is 11.2 Å². The van der Waals surface area contributed by atoms with Crippen LogP contribution in [0.3, 0.4) is 0 Å². The highest BCUT2D eigenvalue weighted by Crippen LogP contribution is 2.23. The highest BCUT2D eigenvalue weighted by atomic mass is 35.5. The minimum atomic E-state index is -0.646. The van der Waals surface area contributed by atoms with Gasteiger partial charge < -0.3 is 9.67 Å². The number of hydrogen-bond acceptors (Lipinski definition) is 5. The Bertz CT molecular complexity index is 798. The maximum atomic E-state index is 12.3. The summed E-state index contributed by atoms with van der Waals surface area (Å²) in [6.07, 6.45) is 3.60. The number of aliphatic hydroxyl groups excluding tert-OH is 1. The first kappa shape index (κ1) is 19.1. The summed E-state index contributed by atoms with van der Waals surface area (Å²) in [4.78, 5) is 30.8. The predicted molar refractivity (Wildman–Crippen MR) is 97.2 cm³/mol. The molecule has 2 N–H and O–H groups in total. The molecule has 2 aromatic heterocycles. The van der Waals surface area contributed by atoms with Crippen LogP contribution in [-0.2, 0) is 13.6 Å². The van der Waals surface area contributed by atoms with Gasteiger partial charge in [0.05, 0.1) is 6.10 Å². The van der Waals surface area contributed by atoms with Crippen molar-refractivity contribution < 1.29 is 5.11 Å². The molecule has 0 saturated heterocycles. The molecule has 0 bridgehead atoms. The summed E-state index contributed by atoms with van der Waals surface area (Å²) in [6, 6.07) is 0. The van der Waals surface area contributed by atoms with E-state index in [2.05, 4.69) is 16.9 Å². The molecule has 2 heterocycles. The molecule has 0 radical (unpaired) electrons. The molecule has 1 atom stereocenters. The van der Waals surface area contributed by atoms with Crippen molar-refractivity contribution >= 4 is 34.5 Å². The molecule has 0 aromatic carbocycles. The Morgan fingerprint density at radius 1 is 1.33 bits per heavy atom. The Kier molecular flexibility index (Phi) is 6.94. The Morgan fingerprint density at radius 3 is 2.75 bits per heavy atom. The van der Waals surface area contributed by atoms with E-state index in [0.717, 1.165) is 25.7 Å². The molecule has 0 aliphatic carbocycles. The van der Waals surface area contributed by atoms with E-state index in [9.17, 15) is 14.7 Å². The normalized spacial score (nSPS) is 12.8. The van der Waals surface area contributed by atoms with Gasteiger partial charge in [-0.3, -0.25) is 14.3 Å². The summed E-state index contributed by atoms with van der Waals surface area (Å²) < 4.78 is 3.18. The minimum absolute atomic E-state index is 0.142. The van der Waals surface area contributed by atoms with Gasteiger partial charge in [-0.15, -0.1) is 11.6 Å². The van der Waals surface area contributed by atoms with Crippen molar-refractivity contribution in [3.8, 4) is 0 Å². The second-order valence-corrected chi connectivity index (χ2v) is 7.01. The van der Waals surface area contributed by atoms with Crippen molar-refractivity contribution in [2.24, 2.45) is 7.05 Å². The van der Waals surface area contributed by atoms with Crippen molar-refractivity contribution in [2.75, 3.05) is 11.6 Å². The number of thioether (sulfide) groups is 1. The molecule has 2 aromatic rings. The van der Waals surface area contributed by atoms with Crippen LogP contribution in [0.15, 0.2) is 14.7 Å². The highest BCUT2D eigenvalue weighted by Gasteiger charge is 2.18. The van der Waals surface area contributed by atoms with Gasteiger partial charge >= 0.3 is 5.69 Å². The third kappa shape index (κ3) is 4.23. The summed E-state index contributed by atoms with van der Waals surface area (Å²) >= 11 is 6.98. The van der Waals surface area contributed by atoms with Crippen molar-refractivity contribution in [2.45, 2.75) is 50.4 Å². The zero-order valence-corrected chi connectivity index (χ0v) is 15.5. The molecule has 24 heavy (non-hydrogen) atoms. The first-order chi connectivity index (χ1) is 11.5. The molecule has 2 rings (SSSR count). The smallest absolute Gasteiger partial charge is 0.329 e. The van der Waals surface area contributed by atoms with Crippen LogP contribution in [0, 0.1) is 0 Å². The first-order valence-electron chi connectivity index (χ1n) is 8.06. The van der Waals surface area contributed by atoms with Gasteiger partial charge in [0, 0.05) is 25.2 Å². The fourth-order valence-electron chi connectivity index (χ4n) is 2.44. The third-order valence-corrected chi connectivity index (χ3v) is 5.27. The molecule has 0 unspecified atom stereocenters. The van der Waals surface area contributed by atoms with Gasteiger partial charge in [-0.05, 0) is 6.42 Å². The molecule has 0 aliphatic heterocycles. The number of aliphatic hydroxyl groups is 1. The van der Waals surface area contributed by atoms with Crippen LogP contribution in [0.2, 0.25) is 0 Å². The summed E-state index contributed by atoms with van der Waals surface area (Å²) in [5, 5.41) is 10.3. The number of unbranched alkanes of at least 4 members (excludes halogenated alkanes) is 3. The van der Waals surface area contributed by atoms with Crippen molar-refractivity contribution in [1.82, 2.24) is 19.1 Å². The van der Waals surface area contributed by atoms with Crippen LogP contribution in [0.1, 0.15) is 32.6 Å². The van der Waals surface area contributed by atoms with E-state index < -0.39 is 17.4 Å². The summed E-state index contributed by atoms with van der Waals surface area (Å²) in [5.41, 5.74) is -0.153. The second-order valence-electron chi connectivity index (χ2n) is 5.72. The lowest BCUT2D eigenvalue weighted by molar-refractivity contribution is 0.223. The number of aromatic nitrogens is 4. The largest absolute Gasteiger partial charge is 0.391 e. The Hall–Kier alpha value is -1.25. The van der Waals surface area contributed by atoms with Crippen LogP contribution >= 0.6 is 23.4 Å². The number of H-pyrrole nitrogens is 1. The quantitative estimate of drug-likeness (QED) is 0.396. The van der Waals surface area contributed by atoms with E-state index in [1.807, 2.05) is 4.57 Å². The number of nitrogens with one attached hydrogen (secondary N) is 1. The summed E-state index contributed by atoms with van der Waals surface area (Å²) in [7, 11) is 1.58. The van der Waals surface area contributed by atoms with Crippen LogP contribution in [0.4, 0.5) is 0 Å². The molecule has 0 saturated carbocycles. The molecule has 0 aliphatic rings. The van der Waals surface area contributed by atoms with Gasteiger partial charge in [0.25, 0.3) is 5.56 Å². The average molecular weight is 375 g/mol. The minimum Gasteiger partial charge on any atom is -0.391 e. The summed E-state index contributed by atoms with van der Waals surface area (Å²) in [5.74, 6) is 0.524. The number of aryl methyl sites for hydroxylation is 2. The standard InChI is InChI=1S/C15H23ClN4O3S/c1-3-4-5-6-7-20-11-12(19(2)14(23)18-13(11)22)17-15(20)24-9-10(21)8-16/h10,21H,3-9H2,1-2H3,(H,18,22,23)/t10-/m1/s1. The molecule has 134 valence electrons. The molecule has 0 fully saturated rings. The number of fused-ring (bicyclic) bond motifs is 1. The Morgan fingerprint density at radius 2 is 2.08 bits per heavy atom. The molecular weight excluding hydrogens is 352 g/mol. The van der Waals surface area contributed by atoms with Crippen molar-refractivity contribution in [1.29, 1.82) is 0 Å². The van der Waals surface area contributed by atoms with E-state index in [1.165, 1.54) is 16.3 Å². The zero-order chi connectivity index (χ0) is 17.7. The van der Waals surface area contributed by atoms with Crippen LogP contribution in [-0.4, -0.2) is 41.9 Å². The lowest BCUT2D eigenvalue weighted by atomic mass is 10.2. The number of imidazole rings is 1. The lowest BCUT2D eigenvalue weighted by Gasteiger charge is -2.09. The van der Waals surface area contributed by atoms with E-state index in [-0.39, 0.29) is 5.88 Å². The van der Waals surface area contributed by atoms with Gasteiger partial charge in [0.1, 0.15) is 0 Å². The Balaban J connectivity index is 2.41. The number of hydrogen-bond donors (Lipinski definition) is 2. The average Bonchev–Trinajstić information content (AvgIpc) is 2.93. The topological polar surface area (TPSA) is 92.9 Å². The van der Waals surface area contributed by atoms with Gasteiger partial charge in [-0.2, -0.15) is 0 Å². The lowest BCUT2D eigenvalue weighted by Crippen LogP contribution is -2.29. The van der Waals surface area contributed by atoms with E-state index in [0.29, 0.717) is 28.6 Å². The molecule has 9 heteroatoms. The number of rotatable bonds is 9. The fraction of sp³-hybridized carbons (Fsp3) is 0.667. The SMILES string of the molecule is CCCCCCn1c(SC[C@H](O)CCl)nc2c1c(=O)[nH]c(=O)n2C. The third-order valence-electron chi connectivity index (χ3n) is 3.79. The molecular formula is C15H23ClN4O3S. The van der Waals surface area contributed by atoms with Gasteiger partial charge in [-0.25, -0.2) is 9.78 Å². The number of halogens is 1. The Labute approximate surface area is 149 Å². The van der Waals surface area contributed by atoms with E-state index in [1.54, 1.807) is 7.05 Å². The maximum Gasteiger partial charge on any atom is 0.329 e. The predicted octanol–water partition coefficient (Wildman–Crippen LogP) is 1.70. The van der Waals surface area contributed by atoms with Crippen molar-refractivity contribution in [3.63, 3.8) is 0 Å². The van der Waals surface area contributed by atoms with Crippen LogP contribution < -0.4 is 11.2 Å². The van der Waals surface area contributed by atoms with Crippen LogP contribution in [0.5, 0.6) is 0 Å². The van der Waals surface area contributed by atoms with E-state index in [4.69, 9.17) is 11.6 Å². The monoisotopic (exact) mass is 374 g/mol. The number of aromatic amines is 1. The van der Waals surface area contributed by atoms with Gasteiger partial charge in [-0.1, -0.05) is 37.9 Å². The zero-order valence-electron chi connectivity index (χ0n) is 13.9. The van der Waals surface area contributed by atoms with E-state index >= 15 is 0 Å². The number of alkyl halides is 1. The first-order valence-corrected chi connectivity index (χ1v) is 9.58. The highest BCUT2D eigenvalue weighted by molar-refractivity contribution is 7.99. The molecule has 0 amide bonds. The molecule has 0 spiro atoms. The fourth-order valence-corrected chi connectivity index (χ4v) is 3.63. The van der Waals surface area contributed by atoms with Gasteiger partial charge in [0.15, 0.2) is 16.3 Å². The van der Waals surface area contributed by atoms with Gasteiger partial charge in [0.2, 0.25) is 0 Å². The second kappa shape index (κ2) is 8.73. The van der Waals surface area contributed by atoms with Crippen molar-refractivity contribution in [3.05, 3.63) is 20.8 Å². The molecule has 7 nitrogen and oxygen atoms in total. The maximum absolute atomic E-state index is 12.3.